The molecule has 1 heterocycles. The van der Waals surface area contributed by atoms with E-state index in [4.69, 9.17) is 0 Å². The van der Waals surface area contributed by atoms with E-state index in [0.29, 0.717) is 24.1 Å². The van der Waals surface area contributed by atoms with Gasteiger partial charge in [0.15, 0.2) is 5.78 Å². The van der Waals surface area contributed by atoms with Crippen LogP contribution in [0.15, 0.2) is 36.4 Å². The number of benzene rings is 2. The first-order valence-corrected chi connectivity index (χ1v) is 7.51. The third-order valence-electron chi connectivity index (χ3n) is 4.37. The van der Waals surface area contributed by atoms with Crippen molar-refractivity contribution in [2.45, 2.75) is 27.2 Å². The van der Waals surface area contributed by atoms with E-state index in [1.54, 1.807) is 4.90 Å². The second-order valence-electron chi connectivity index (χ2n) is 5.90. The smallest absolute Gasteiger partial charge is 0.258 e. The number of para-hydroxylation sites is 1. The Balaban J connectivity index is 2.06. The lowest BCUT2D eigenvalue weighted by atomic mass is 9.96. The lowest BCUT2D eigenvalue weighted by Crippen LogP contribution is -2.38. The first-order valence-electron chi connectivity index (χ1n) is 7.51. The summed E-state index contributed by atoms with van der Waals surface area (Å²) < 4.78 is 0. The van der Waals surface area contributed by atoms with Gasteiger partial charge in [0.1, 0.15) is 0 Å². The third-order valence-corrected chi connectivity index (χ3v) is 4.37. The van der Waals surface area contributed by atoms with E-state index in [1.165, 1.54) is 5.56 Å². The van der Waals surface area contributed by atoms with Gasteiger partial charge in [0.05, 0.1) is 5.69 Å². The van der Waals surface area contributed by atoms with E-state index in [-0.39, 0.29) is 11.7 Å². The molecule has 0 saturated carbocycles. The molecule has 0 N–H and O–H groups in total. The van der Waals surface area contributed by atoms with Crippen molar-refractivity contribution >= 4 is 17.4 Å². The highest BCUT2D eigenvalue weighted by molar-refractivity contribution is 6.14. The van der Waals surface area contributed by atoms with Gasteiger partial charge in [-0.05, 0) is 55.7 Å². The molecule has 0 aliphatic carbocycles. The standard InChI is InChI=1S/C19H19NO2/c1-12-7-8-15(11-14(12)3)19(22)20-10-9-17(21)16-6-4-5-13(2)18(16)20/h4-8,11H,9-10H2,1-3H3. The molecular weight excluding hydrogens is 274 g/mol. The van der Waals surface area contributed by atoms with E-state index in [0.717, 1.165) is 16.8 Å². The van der Waals surface area contributed by atoms with Crippen LogP contribution in [0.4, 0.5) is 5.69 Å². The average Bonchev–Trinajstić information content (AvgIpc) is 2.50. The maximum atomic E-state index is 12.9. The zero-order chi connectivity index (χ0) is 15.9. The van der Waals surface area contributed by atoms with Crippen LogP contribution in [-0.2, 0) is 0 Å². The average molecular weight is 293 g/mol. The van der Waals surface area contributed by atoms with Crippen LogP contribution in [0.5, 0.6) is 0 Å². The fourth-order valence-corrected chi connectivity index (χ4v) is 2.94. The molecule has 1 amide bonds. The Morgan fingerprint density at radius 3 is 2.50 bits per heavy atom. The minimum absolute atomic E-state index is 0.0360. The minimum Gasteiger partial charge on any atom is -0.307 e. The quantitative estimate of drug-likeness (QED) is 0.801. The number of hydrogen-bond donors (Lipinski definition) is 0. The largest absolute Gasteiger partial charge is 0.307 e. The second-order valence-corrected chi connectivity index (χ2v) is 5.90. The number of rotatable bonds is 1. The van der Waals surface area contributed by atoms with E-state index < -0.39 is 0 Å². The van der Waals surface area contributed by atoms with Crippen LogP contribution < -0.4 is 4.90 Å². The molecule has 0 bridgehead atoms. The topological polar surface area (TPSA) is 37.4 Å². The molecule has 0 fully saturated rings. The molecule has 22 heavy (non-hydrogen) atoms. The highest BCUT2D eigenvalue weighted by Crippen LogP contribution is 2.31. The zero-order valence-corrected chi connectivity index (χ0v) is 13.1. The first kappa shape index (κ1) is 14.5. The molecule has 1 aliphatic heterocycles. The van der Waals surface area contributed by atoms with Gasteiger partial charge >= 0.3 is 0 Å². The second kappa shape index (κ2) is 5.41. The van der Waals surface area contributed by atoms with Crippen molar-refractivity contribution in [3.05, 3.63) is 64.2 Å². The number of aryl methyl sites for hydroxylation is 3. The summed E-state index contributed by atoms with van der Waals surface area (Å²) in [6.45, 7) is 6.42. The van der Waals surface area contributed by atoms with Gasteiger partial charge in [-0.3, -0.25) is 9.59 Å². The van der Waals surface area contributed by atoms with Crippen LogP contribution in [0.3, 0.4) is 0 Å². The minimum atomic E-state index is -0.0360. The Morgan fingerprint density at radius 1 is 1.00 bits per heavy atom. The van der Waals surface area contributed by atoms with Crippen LogP contribution in [0.2, 0.25) is 0 Å². The number of anilines is 1. The number of carbonyl (C=O) groups is 2. The number of nitrogens with zero attached hydrogens (tertiary/aromatic N) is 1. The van der Waals surface area contributed by atoms with Crippen LogP contribution >= 0.6 is 0 Å². The van der Waals surface area contributed by atoms with Crippen molar-refractivity contribution in [1.82, 2.24) is 0 Å². The molecular formula is C19H19NO2. The zero-order valence-electron chi connectivity index (χ0n) is 13.1. The Bertz CT molecular complexity index is 777. The van der Waals surface area contributed by atoms with Gasteiger partial charge in [-0.15, -0.1) is 0 Å². The summed E-state index contributed by atoms with van der Waals surface area (Å²) in [5.41, 5.74) is 5.32. The Labute approximate surface area is 130 Å². The summed E-state index contributed by atoms with van der Waals surface area (Å²) in [5, 5.41) is 0. The molecule has 0 radical (unpaired) electrons. The first-order chi connectivity index (χ1) is 10.5. The van der Waals surface area contributed by atoms with E-state index in [2.05, 4.69) is 0 Å². The summed E-state index contributed by atoms with van der Waals surface area (Å²) in [7, 11) is 0. The summed E-state index contributed by atoms with van der Waals surface area (Å²) in [6, 6.07) is 11.4. The number of fused-ring (bicyclic) bond motifs is 1. The van der Waals surface area contributed by atoms with Gasteiger partial charge in [0.25, 0.3) is 5.91 Å². The summed E-state index contributed by atoms with van der Waals surface area (Å²) in [6.07, 6.45) is 0.382. The summed E-state index contributed by atoms with van der Waals surface area (Å²) in [4.78, 5) is 26.7. The van der Waals surface area contributed by atoms with Crippen molar-refractivity contribution in [1.29, 1.82) is 0 Å². The molecule has 0 saturated heterocycles. The number of Topliss-reactive ketones (excluding diaryl/α,β-unsaturated/α-hetero) is 1. The van der Waals surface area contributed by atoms with Crippen molar-refractivity contribution in [2.24, 2.45) is 0 Å². The molecule has 112 valence electrons. The lowest BCUT2D eigenvalue weighted by molar-refractivity contribution is 0.0955. The predicted octanol–water partition coefficient (Wildman–Crippen LogP) is 3.85. The Kier molecular flexibility index (Phi) is 3.57. The lowest BCUT2D eigenvalue weighted by Gasteiger charge is -2.30. The number of amides is 1. The van der Waals surface area contributed by atoms with Crippen molar-refractivity contribution in [2.75, 3.05) is 11.4 Å². The SMILES string of the molecule is Cc1ccc(C(=O)N2CCC(=O)c3cccc(C)c32)cc1C. The molecule has 1 aliphatic rings. The van der Waals surface area contributed by atoms with Gasteiger partial charge in [0.2, 0.25) is 0 Å². The number of ketones is 1. The van der Waals surface area contributed by atoms with Crippen LogP contribution in [-0.4, -0.2) is 18.2 Å². The maximum absolute atomic E-state index is 12.9. The fourth-order valence-electron chi connectivity index (χ4n) is 2.94. The van der Waals surface area contributed by atoms with Gasteiger partial charge in [0, 0.05) is 24.1 Å². The van der Waals surface area contributed by atoms with Gasteiger partial charge in [-0.25, -0.2) is 0 Å². The van der Waals surface area contributed by atoms with Crippen LogP contribution in [0.1, 0.15) is 43.8 Å². The highest BCUT2D eigenvalue weighted by Gasteiger charge is 2.29. The van der Waals surface area contributed by atoms with Crippen LogP contribution in [0, 0.1) is 20.8 Å². The maximum Gasteiger partial charge on any atom is 0.258 e. The number of hydrogen-bond acceptors (Lipinski definition) is 2. The molecule has 3 nitrogen and oxygen atoms in total. The monoisotopic (exact) mass is 293 g/mol. The van der Waals surface area contributed by atoms with Crippen molar-refractivity contribution in [3.63, 3.8) is 0 Å². The molecule has 3 rings (SSSR count). The summed E-state index contributed by atoms with van der Waals surface area (Å²) >= 11 is 0. The van der Waals surface area contributed by atoms with Crippen molar-refractivity contribution in [3.8, 4) is 0 Å². The molecule has 3 heteroatoms. The molecule has 0 unspecified atom stereocenters. The molecule has 0 aromatic heterocycles. The van der Waals surface area contributed by atoms with E-state index >= 15 is 0 Å². The molecule has 2 aromatic carbocycles. The summed E-state index contributed by atoms with van der Waals surface area (Å²) in [5.74, 6) is 0.0778. The number of carbonyl (C=O) groups excluding carboxylic acids is 2. The molecule has 0 atom stereocenters. The molecule has 0 spiro atoms. The van der Waals surface area contributed by atoms with Gasteiger partial charge < -0.3 is 4.90 Å². The third kappa shape index (κ3) is 2.33. The Hall–Kier alpha value is -2.42. The fraction of sp³-hybridized carbons (Fsp3) is 0.263. The predicted molar refractivity (Wildman–Crippen MR) is 87.7 cm³/mol. The van der Waals surface area contributed by atoms with E-state index in [1.807, 2.05) is 57.2 Å². The van der Waals surface area contributed by atoms with Gasteiger partial charge in [-0.2, -0.15) is 0 Å². The van der Waals surface area contributed by atoms with Crippen LogP contribution in [0.25, 0.3) is 0 Å². The normalized spacial score (nSPS) is 14.0. The Morgan fingerprint density at radius 2 is 1.77 bits per heavy atom. The van der Waals surface area contributed by atoms with Crippen molar-refractivity contribution < 1.29 is 9.59 Å². The molecule has 2 aromatic rings. The van der Waals surface area contributed by atoms with Gasteiger partial charge in [-0.1, -0.05) is 18.2 Å². The van der Waals surface area contributed by atoms with E-state index in [9.17, 15) is 9.59 Å². The highest BCUT2D eigenvalue weighted by atomic mass is 16.2.